The number of aliphatic carboxylic acids is 2. The van der Waals surface area contributed by atoms with Crippen LogP contribution in [0.1, 0.15) is 62.8 Å². The lowest BCUT2D eigenvalue weighted by molar-refractivity contribution is -0.142. The van der Waals surface area contributed by atoms with E-state index in [1.165, 1.54) is 36.8 Å². The highest BCUT2D eigenvalue weighted by molar-refractivity contribution is 8.02. The molecule has 17 N–H and O–H groups in total. The molecule has 1 aliphatic heterocycles. The number of carboxylic acids is 2. The zero-order valence-electron chi connectivity index (χ0n) is 40.8. The van der Waals surface area contributed by atoms with Gasteiger partial charge in [-0.1, -0.05) is 62.4 Å². The molecule has 3 aromatic rings. The first kappa shape index (κ1) is 58.6. The number of H-pyrrole nitrogens is 1. The van der Waals surface area contributed by atoms with E-state index in [0.29, 0.717) is 16.8 Å². The zero-order valence-corrected chi connectivity index (χ0v) is 41.6. The summed E-state index contributed by atoms with van der Waals surface area (Å²) in [5.74, 6) is -9.49. The number of phenols is 1. The Balaban J connectivity index is 1.59. The molecule has 2 heterocycles. The molecule has 26 heteroatoms. The van der Waals surface area contributed by atoms with Crippen LogP contribution in [0, 0.1) is 5.92 Å². The van der Waals surface area contributed by atoms with Crippen molar-refractivity contribution in [1.29, 1.82) is 0 Å². The Morgan fingerprint density at radius 1 is 0.824 bits per heavy atom. The van der Waals surface area contributed by atoms with Crippen molar-refractivity contribution in [2.24, 2.45) is 28.1 Å². The smallest absolute Gasteiger partial charge is 0.326 e. The van der Waals surface area contributed by atoms with Crippen molar-refractivity contribution < 1.29 is 58.5 Å². The number of carboxylic acid groups (broad SMARTS) is 2. The lowest BCUT2D eigenvalue weighted by atomic mass is 9.99. The molecule has 0 unspecified atom stereocenters. The van der Waals surface area contributed by atoms with Crippen LogP contribution in [0.25, 0.3) is 0 Å². The summed E-state index contributed by atoms with van der Waals surface area (Å²) in [6.45, 7) is 3.28. The van der Waals surface area contributed by atoms with Gasteiger partial charge in [-0.15, -0.1) is 11.8 Å². The Kier molecular flexibility index (Phi) is 23.3. The molecule has 0 saturated heterocycles. The minimum atomic E-state index is -1.51. The SMILES string of the molecule is CC(C)[C@H](NC(=O)[C@H](CCCN=C(N)N)NC(=O)[C@@H](N)CC(=O)O)C(=O)N[C@@H](Cc1ccc(O)cc1)C(=O)N[C@H]1CC/C=C/SC[C@@H](C(=O)N[C@@H](Cc2ccccc2)C(=O)O)NC(=O)[C@H](Cc2cnc[nH]2)NC1=O. The van der Waals surface area contributed by atoms with E-state index in [1.807, 2.05) is 0 Å². The van der Waals surface area contributed by atoms with Crippen LogP contribution in [0.5, 0.6) is 5.75 Å². The van der Waals surface area contributed by atoms with Crippen LogP contribution in [0.4, 0.5) is 0 Å². The van der Waals surface area contributed by atoms with E-state index in [2.05, 4.69) is 52.2 Å². The number of rotatable bonds is 24. The molecule has 0 aliphatic carbocycles. The van der Waals surface area contributed by atoms with Gasteiger partial charge in [0, 0.05) is 43.5 Å². The number of imidazole rings is 1. The maximum atomic E-state index is 14.5. The molecule has 0 bridgehead atoms. The van der Waals surface area contributed by atoms with Crippen LogP contribution < -0.4 is 54.4 Å². The van der Waals surface area contributed by atoms with Gasteiger partial charge >= 0.3 is 11.9 Å². The van der Waals surface area contributed by atoms with Gasteiger partial charge in [-0.3, -0.25) is 43.3 Å². The van der Waals surface area contributed by atoms with Crippen molar-refractivity contribution in [3.05, 3.63) is 95.4 Å². The minimum Gasteiger partial charge on any atom is -0.508 e. The molecule has 2 aromatic carbocycles. The highest BCUT2D eigenvalue weighted by Crippen LogP contribution is 2.16. The number of hydrogen-bond donors (Lipinski definition) is 14. The molecule has 7 amide bonds. The molecule has 1 aliphatic rings. The van der Waals surface area contributed by atoms with E-state index in [-0.39, 0.29) is 69.0 Å². The second-order valence-corrected chi connectivity index (χ2v) is 18.7. The number of carbonyl (C=O) groups excluding carboxylic acids is 7. The number of phenolic OH excluding ortho intramolecular Hbond substituents is 1. The normalized spacial score (nSPS) is 18.6. The fraction of sp³-hybridized carbons (Fsp3) is 0.438. The van der Waals surface area contributed by atoms with Gasteiger partial charge < -0.3 is 74.7 Å². The number of hydrogen-bond acceptors (Lipinski definition) is 14. The molecule has 0 radical (unpaired) electrons. The minimum absolute atomic E-state index is 0.0201. The monoisotopic (exact) mass is 1050 g/mol. The number of aliphatic imine (C=N–C) groups is 1. The Labute approximate surface area is 430 Å². The average Bonchev–Trinajstić information content (AvgIpc) is 3.87. The molecule has 74 heavy (non-hydrogen) atoms. The number of aromatic hydroxyl groups is 1. The van der Waals surface area contributed by atoms with Gasteiger partial charge in [-0.25, -0.2) is 9.78 Å². The number of nitrogens with two attached hydrogens (primary N) is 3. The Morgan fingerprint density at radius 2 is 1.50 bits per heavy atom. The van der Waals surface area contributed by atoms with Gasteiger partial charge in [0.1, 0.15) is 48.0 Å². The van der Waals surface area contributed by atoms with Gasteiger partial charge in [0.15, 0.2) is 5.96 Å². The average molecular weight is 1050 g/mol. The largest absolute Gasteiger partial charge is 0.508 e. The van der Waals surface area contributed by atoms with Crippen LogP contribution >= 0.6 is 11.8 Å². The van der Waals surface area contributed by atoms with Crippen LogP contribution in [-0.2, 0) is 62.4 Å². The van der Waals surface area contributed by atoms with Crippen molar-refractivity contribution >= 4 is 71.0 Å². The number of aromatic amines is 1. The number of guanidine groups is 1. The topological polar surface area (TPSA) is 418 Å². The fourth-order valence-electron chi connectivity index (χ4n) is 7.43. The highest BCUT2D eigenvalue weighted by Gasteiger charge is 2.36. The molecule has 0 saturated carbocycles. The molecule has 0 fully saturated rings. The first-order valence-electron chi connectivity index (χ1n) is 23.6. The van der Waals surface area contributed by atoms with E-state index in [1.54, 1.807) is 55.7 Å². The quantitative estimate of drug-likeness (QED) is 0.0267. The van der Waals surface area contributed by atoms with Crippen molar-refractivity contribution in [3.63, 3.8) is 0 Å². The lowest BCUT2D eigenvalue weighted by Crippen LogP contribution is -2.61. The molecule has 25 nitrogen and oxygen atoms in total. The van der Waals surface area contributed by atoms with Gasteiger partial charge in [0.25, 0.3) is 0 Å². The second-order valence-electron chi connectivity index (χ2n) is 17.7. The number of amides is 7. The summed E-state index contributed by atoms with van der Waals surface area (Å²) in [7, 11) is 0. The Bertz CT molecular complexity index is 2460. The summed E-state index contributed by atoms with van der Waals surface area (Å²) in [5.41, 5.74) is 18.2. The number of nitrogens with one attached hydrogen (secondary N) is 8. The summed E-state index contributed by atoms with van der Waals surface area (Å²) in [6.07, 6.45) is 3.64. The van der Waals surface area contributed by atoms with Crippen LogP contribution in [0.2, 0.25) is 0 Å². The second kappa shape index (κ2) is 29.5. The number of aromatic nitrogens is 2. The maximum Gasteiger partial charge on any atom is 0.326 e. The Morgan fingerprint density at radius 3 is 2.14 bits per heavy atom. The van der Waals surface area contributed by atoms with Crippen LogP contribution in [0.3, 0.4) is 0 Å². The summed E-state index contributed by atoms with van der Waals surface area (Å²) >= 11 is 1.14. The lowest BCUT2D eigenvalue weighted by Gasteiger charge is -2.29. The third-order valence-electron chi connectivity index (χ3n) is 11.4. The van der Waals surface area contributed by atoms with Crippen LogP contribution in [0.15, 0.2) is 83.6 Å². The van der Waals surface area contributed by atoms with Crippen LogP contribution in [-0.4, -0.2) is 145 Å². The van der Waals surface area contributed by atoms with Crippen molar-refractivity contribution in [1.82, 2.24) is 47.2 Å². The third-order valence-corrected chi connectivity index (χ3v) is 12.3. The van der Waals surface area contributed by atoms with Crippen molar-refractivity contribution in [2.45, 2.75) is 114 Å². The number of carbonyl (C=O) groups is 9. The van der Waals surface area contributed by atoms with E-state index in [9.17, 15) is 53.4 Å². The predicted molar refractivity (Wildman–Crippen MR) is 271 cm³/mol. The first-order valence-corrected chi connectivity index (χ1v) is 24.7. The molecule has 8 atom stereocenters. The van der Waals surface area contributed by atoms with Gasteiger partial charge in [0.2, 0.25) is 41.4 Å². The van der Waals surface area contributed by atoms with E-state index >= 15 is 0 Å². The molecule has 4 rings (SSSR count). The number of benzene rings is 2. The van der Waals surface area contributed by atoms with E-state index < -0.39 is 114 Å². The molecular weight excluding hydrogens is 983 g/mol. The van der Waals surface area contributed by atoms with Crippen molar-refractivity contribution in [2.75, 3.05) is 12.3 Å². The summed E-state index contributed by atoms with van der Waals surface area (Å²) in [4.78, 5) is 132. The van der Waals surface area contributed by atoms with Gasteiger partial charge in [-0.05, 0) is 60.3 Å². The van der Waals surface area contributed by atoms with Crippen molar-refractivity contribution in [3.8, 4) is 5.75 Å². The molecule has 1 aromatic heterocycles. The highest BCUT2D eigenvalue weighted by atomic mass is 32.2. The zero-order chi connectivity index (χ0) is 54.3. The standard InChI is InChI=1S/C48H65N13O12S/c1-26(2)39(61-42(67)33(12-8-17-53-48(50)51)55-40(65)31(49)22-38(63)64)46(71)58-34(19-28-13-15-30(62)16-14-28)43(68)56-32-11-6-7-18-74-24-37(45(70)59-36(47(72)73)20-27-9-4-3-5-10-27)60-44(69)35(57-41(32)66)21-29-23-52-25-54-29/h3-5,7,9-10,13-16,18,23,25-26,31-37,39,62H,6,8,11-12,17,19-22,24,49H2,1-2H3,(H,52,54)(H,55,65)(H,56,68)(H,57,66)(H,58,71)(H,59,70)(H,60,69)(H,61,67)(H,63,64)(H,72,73)(H4,50,51,53)/b18-7+/t31-,32-,33-,34-,35-,36-,37-,39-/m0/s1. The summed E-state index contributed by atoms with van der Waals surface area (Å²) in [6, 6.07) is 3.51. The van der Waals surface area contributed by atoms with Gasteiger partial charge in [-0.2, -0.15) is 0 Å². The molecule has 0 spiro atoms. The predicted octanol–water partition coefficient (Wildman–Crippen LogP) is -1.83. The Hall–Kier alpha value is -8.00. The fourth-order valence-corrected chi connectivity index (χ4v) is 8.24. The number of allylic oxidation sites excluding steroid dienone is 1. The van der Waals surface area contributed by atoms with E-state index in [0.717, 1.165) is 11.8 Å². The summed E-state index contributed by atoms with van der Waals surface area (Å²) in [5, 5.41) is 49.1. The summed E-state index contributed by atoms with van der Waals surface area (Å²) < 4.78 is 0. The van der Waals surface area contributed by atoms with E-state index in [4.69, 9.17) is 22.3 Å². The number of thioether (sulfide) groups is 1. The first-order chi connectivity index (χ1) is 35.2. The number of nitrogens with zero attached hydrogens (tertiary/aromatic N) is 2. The maximum absolute atomic E-state index is 14.5. The third kappa shape index (κ3) is 19.9. The molecule has 400 valence electrons. The van der Waals surface area contributed by atoms with Gasteiger partial charge in [0.05, 0.1) is 18.8 Å². The molecular formula is C48H65N13O12S.